The fraction of sp³-hybridized carbons (Fsp3) is 0.462. The highest BCUT2D eigenvalue weighted by molar-refractivity contribution is 7.89. The molecular weight excluding hydrogens is 294 g/mol. The minimum Gasteiger partial charge on any atom is -0.391 e. The van der Waals surface area contributed by atoms with Crippen LogP contribution in [0.15, 0.2) is 29.4 Å². The standard InChI is InChI=1S/C13H18N3O4S/c1-9-5-7-16(12(13(14)18)10(17)8-9)21(19,20)11-4-2-3-6-15-11/h2-4,6,8-10,12,17H,5,7H2,1H3,(H2,14,18). The van der Waals surface area contributed by atoms with E-state index in [1.807, 2.05) is 6.92 Å². The van der Waals surface area contributed by atoms with Crippen LogP contribution in [-0.4, -0.2) is 47.4 Å². The first-order chi connectivity index (χ1) is 9.84. The smallest absolute Gasteiger partial charge is 0.261 e. The van der Waals surface area contributed by atoms with Gasteiger partial charge in [0.05, 0.1) is 6.10 Å². The molecule has 1 aliphatic rings. The van der Waals surface area contributed by atoms with Gasteiger partial charge in [0, 0.05) is 12.7 Å². The van der Waals surface area contributed by atoms with E-state index >= 15 is 0 Å². The molecule has 115 valence electrons. The van der Waals surface area contributed by atoms with Crippen LogP contribution < -0.4 is 5.73 Å². The number of nitrogens with zero attached hydrogens (tertiary/aromatic N) is 2. The fourth-order valence-electron chi connectivity index (χ4n) is 2.38. The van der Waals surface area contributed by atoms with E-state index in [1.54, 1.807) is 18.6 Å². The molecule has 1 saturated heterocycles. The Balaban J connectivity index is 2.45. The van der Waals surface area contributed by atoms with Crippen molar-refractivity contribution in [2.45, 2.75) is 30.5 Å². The summed E-state index contributed by atoms with van der Waals surface area (Å²) in [6.07, 6.45) is 2.16. The maximum Gasteiger partial charge on any atom is 0.261 e. The highest BCUT2D eigenvalue weighted by Crippen LogP contribution is 2.26. The van der Waals surface area contributed by atoms with Gasteiger partial charge in [-0.05, 0) is 30.9 Å². The Hall–Kier alpha value is -1.51. The maximum atomic E-state index is 12.6. The predicted molar refractivity (Wildman–Crippen MR) is 75.2 cm³/mol. The van der Waals surface area contributed by atoms with Crippen LogP contribution in [-0.2, 0) is 14.8 Å². The lowest BCUT2D eigenvalue weighted by Gasteiger charge is -2.28. The summed E-state index contributed by atoms with van der Waals surface area (Å²) < 4.78 is 26.2. The van der Waals surface area contributed by atoms with E-state index < -0.39 is 28.1 Å². The zero-order valence-electron chi connectivity index (χ0n) is 11.6. The van der Waals surface area contributed by atoms with Crippen LogP contribution in [0.5, 0.6) is 0 Å². The minimum atomic E-state index is -3.99. The third kappa shape index (κ3) is 3.22. The van der Waals surface area contributed by atoms with Gasteiger partial charge in [-0.25, -0.2) is 13.4 Å². The Morgan fingerprint density at radius 1 is 1.48 bits per heavy atom. The van der Waals surface area contributed by atoms with Crippen LogP contribution in [0.3, 0.4) is 0 Å². The molecule has 1 aromatic rings. The van der Waals surface area contributed by atoms with E-state index in [0.717, 1.165) is 4.31 Å². The van der Waals surface area contributed by atoms with E-state index in [9.17, 15) is 18.3 Å². The highest BCUT2D eigenvalue weighted by Gasteiger charge is 2.42. The number of carbonyl (C=O) groups excluding carboxylic acids is 1. The number of primary amides is 1. The summed E-state index contributed by atoms with van der Waals surface area (Å²) in [5, 5.41) is 9.92. The number of pyridine rings is 1. The van der Waals surface area contributed by atoms with Gasteiger partial charge < -0.3 is 10.8 Å². The number of amides is 1. The fourth-order valence-corrected chi connectivity index (χ4v) is 3.94. The molecule has 1 aliphatic heterocycles. The summed E-state index contributed by atoms with van der Waals surface area (Å²) in [7, 11) is -3.99. The molecular formula is C13H18N3O4S. The van der Waals surface area contributed by atoms with E-state index in [1.165, 1.54) is 12.3 Å². The van der Waals surface area contributed by atoms with Crippen molar-refractivity contribution in [3.8, 4) is 0 Å². The number of rotatable bonds is 3. The molecule has 3 atom stereocenters. The molecule has 2 rings (SSSR count). The van der Waals surface area contributed by atoms with Gasteiger partial charge in [0.2, 0.25) is 5.91 Å². The zero-order valence-corrected chi connectivity index (χ0v) is 12.4. The lowest BCUT2D eigenvalue weighted by atomic mass is 9.99. The molecule has 21 heavy (non-hydrogen) atoms. The average molecular weight is 312 g/mol. The van der Waals surface area contributed by atoms with E-state index in [-0.39, 0.29) is 17.5 Å². The summed E-state index contributed by atoms with van der Waals surface area (Å²) in [4.78, 5) is 15.4. The molecule has 0 aromatic carbocycles. The average Bonchev–Trinajstić information content (AvgIpc) is 2.58. The summed E-state index contributed by atoms with van der Waals surface area (Å²) in [5.74, 6) is -0.905. The Morgan fingerprint density at radius 2 is 2.19 bits per heavy atom. The van der Waals surface area contributed by atoms with Crippen molar-refractivity contribution < 1.29 is 18.3 Å². The van der Waals surface area contributed by atoms with Crippen molar-refractivity contribution in [1.82, 2.24) is 9.29 Å². The summed E-state index contributed by atoms with van der Waals surface area (Å²) in [6, 6.07) is 3.17. The van der Waals surface area contributed by atoms with E-state index in [4.69, 9.17) is 5.73 Å². The number of hydrogen-bond acceptors (Lipinski definition) is 5. The van der Waals surface area contributed by atoms with Crippen LogP contribution in [0.4, 0.5) is 0 Å². The Bertz CT molecular complexity index is 605. The lowest BCUT2D eigenvalue weighted by Crippen LogP contribution is -2.53. The molecule has 3 unspecified atom stereocenters. The largest absolute Gasteiger partial charge is 0.391 e. The number of hydrogen-bond donors (Lipinski definition) is 2. The van der Waals surface area contributed by atoms with Crippen LogP contribution >= 0.6 is 0 Å². The molecule has 1 amide bonds. The van der Waals surface area contributed by atoms with Gasteiger partial charge in [-0.2, -0.15) is 4.31 Å². The number of aliphatic hydroxyl groups is 1. The first kappa shape index (κ1) is 15.9. The molecule has 0 saturated carbocycles. The monoisotopic (exact) mass is 312 g/mol. The van der Waals surface area contributed by atoms with Crippen molar-refractivity contribution in [2.24, 2.45) is 11.7 Å². The zero-order chi connectivity index (χ0) is 15.6. The second-order valence-corrected chi connectivity index (χ2v) is 6.92. The quantitative estimate of drug-likeness (QED) is 0.783. The van der Waals surface area contributed by atoms with Crippen molar-refractivity contribution in [3.63, 3.8) is 0 Å². The Morgan fingerprint density at radius 3 is 2.76 bits per heavy atom. The van der Waals surface area contributed by atoms with Crippen molar-refractivity contribution in [3.05, 3.63) is 30.8 Å². The van der Waals surface area contributed by atoms with Crippen molar-refractivity contribution >= 4 is 15.9 Å². The molecule has 0 spiro atoms. The topological polar surface area (TPSA) is 114 Å². The maximum absolute atomic E-state index is 12.6. The van der Waals surface area contributed by atoms with Crippen molar-refractivity contribution in [2.75, 3.05) is 6.54 Å². The lowest BCUT2D eigenvalue weighted by molar-refractivity contribution is -0.124. The number of carbonyl (C=O) groups is 1. The highest BCUT2D eigenvalue weighted by atomic mass is 32.2. The van der Waals surface area contributed by atoms with Gasteiger partial charge in [0.15, 0.2) is 5.03 Å². The number of aliphatic hydroxyl groups excluding tert-OH is 1. The van der Waals surface area contributed by atoms with Crippen LogP contribution in [0, 0.1) is 12.3 Å². The molecule has 1 fully saturated rings. The minimum absolute atomic E-state index is 0.0224. The van der Waals surface area contributed by atoms with E-state index in [2.05, 4.69) is 4.98 Å². The summed E-state index contributed by atoms with van der Waals surface area (Å²) >= 11 is 0. The van der Waals surface area contributed by atoms with Crippen LogP contribution in [0.25, 0.3) is 0 Å². The summed E-state index contributed by atoms with van der Waals surface area (Å²) in [6.45, 7) is 1.94. The number of aromatic nitrogens is 1. The molecule has 0 aliphatic carbocycles. The second kappa shape index (κ2) is 6.08. The number of sulfonamides is 1. The Labute approximate surface area is 123 Å². The van der Waals surface area contributed by atoms with Gasteiger partial charge in [0.25, 0.3) is 10.0 Å². The van der Waals surface area contributed by atoms with Gasteiger partial charge in [-0.3, -0.25) is 4.79 Å². The van der Waals surface area contributed by atoms with Gasteiger partial charge >= 0.3 is 0 Å². The predicted octanol–water partition coefficient (Wildman–Crippen LogP) is -0.469. The normalized spacial score (nSPS) is 28.0. The van der Waals surface area contributed by atoms with Crippen LogP contribution in [0.1, 0.15) is 13.3 Å². The SMILES string of the molecule is CC1[CH]C(O)C(C(N)=O)N(S(=O)(=O)c2ccccn2)CC1. The first-order valence-electron chi connectivity index (χ1n) is 6.59. The molecule has 7 nitrogen and oxygen atoms in total. The van der Waals surface area contributed by atoms with E-state index in [0.29, 0.717) is 6.42 Å². The molecule has 1 radical (unpaired) electrons. The molecule has 3 N–H and O–H groups in total. The first-order valence-corrected chi connectivity index (χ1v) is 8.03. The third-order valence-corrected chi connectivity index (χ3v) is 5.26. The Kier molecular flexibility index (Phi) is 4.60. The molecule has 1 aromatic heterocycles. The van der Waals surface area contributed by atoms with Gasteiger partial charge in [0.1, 0.15) is 6.04 Å². The van der Waals surface area contributed by atoms with Gasteiger partial charge in [-0.1, -0.05) is 13.0 Å². The van der Waals surface area contributed by atoms with Gasteiger partial charge in [-0.15, -0.1) is 0 Å². The van der Waals surface area contributed by atoms with Crippen molar-refractivity contribution in [1.29, 1.82) is 0 Å². The second-order valence-electron chi connectivity index (χ2n) is 5.08. The summed E-state index contributed by atoms with van der Waals surface area (Å²) in [5.41, 5.74) is 5.29. The number of nitrogens with two attached hydrogens (primary N) is 1. The van der Waals surface area contributed by atoms with Crippen LogP contribution in [0.2, 0.25) is 0 Å². The molecule has 8 heteroatoms. The third-order valence-electron chi connectivity index (χ3n) is 3.47. The molecule has 0 bridgehead atoms. The molecule has 2 heterocycles.